The molecule has 2 aromatic rings. The highest BCUT2D eigenvalue weighted by atomic mass is 32.1. The Labute approximate surface area is 123 Å². The van der Waals surface area contributed by atoms with Gasteiger partial charge in [-0.3, -0.25) is 4.90 Å². The summed E-state index contributed by atoms with van der Waals surface area (Å²) < 4.78 is 2.36. The largest absolute Gasteiger partial charge is 0.335 e. The summed E-state index contributed by atoms with van der Waals surface area (Å²) in [7, 11) is 2.20. The molecule has 1 saturated carbocycles. The Balaban J connectivity index is 1.52. The van der Waals surface area contributed by atoms with Crippen molar-refractivity contribution in [1.82, 2.24) is 19.4 Å². The summed E-state index contributed by atoms with van der Waals surface area (Å²) in [5, 5.41) is 1.16. The van der Waals surface area contributed by atoms with E-state index >= 15 is 0 Å². The first-order chi connectivity index (χ1) is 9.70. The van der Waals surface area contributed by atoms with Crippen molar-refractivity contribution in [3.05, 3.63) is 33.3 Å². The van der Waals surface area contributed by atoms with Gasteiger partial charge in [-0.25, -0.2) is 9.97 Å². The minimum atomic E-state index is 0.739. The fourth-order valence-corrected chi connectivity index (χ4v) is 3.98. The van der Waals surface area contributed by atoms with Gasteiger partial charge in [-0.05, 0) is 19.8 Å². The Morgan fingerprint density at radius 2 is 2.25 bits per heavy atom. The Morgan fingerprint density at radius 1 is 1.40 bits per heavy atom. The van der Waals surface area contributed by atoms with Crippen molar-refractivity contribution < 1.29 is 0 Å². The minimum Gasteiger partial charge on any atom is -0.335 e. The van der Waals surface area contributed by atoms with Crippen molar-refractivity contribution in [3.8, 4) is 0 Å². The minimum absolute atomic E-state index is 0.739. The number of fused-ring (bicyclic) bond motifs is 1. The molecule has 0 aromatic carbocycles. The zero-order valence-corrected chi connectivity index (χ0v) is 12.9. The molecule has 4 rings (SSSR count). The Morgan fingerprint density at radius 3 is 2.95 bits per heavy atom. The van der Waals surface area contributed by atoms with E-state index in [1.54, 1.807) is 0 Å². The molecule has 0 radical (unpaired) electrons. The van der Waals surface area contributed by atoms with Crippen molar-refractivity contribution >= 4 is 11.3 Å². The quantitative estimate of drug-likeness (QED) is 0.870. The van der Waals surface area contributed by atoms with Crippen molar-refractivity contribution in [3.63, 3.8) is 0 Å². The fraction of sp³-hybridized carbons (Fsp3) is 0.600. The van der Waals surface area contributed by atoms with E-state index < -0.39 is 0 Å². The number of nitrogens with zero attached hydrogens (tertiary/aromatic N) is 4. The molecule has 20 heavy (non-hydrogen) atoms. The third-order valence-electron chi connectivity index (χ3n) is 4.36. The van der Waals surface area contributed by atoms with Crippen molar-refractivity contribution in [2.24, 2.45) is 7.05 Å². The molecular formula is C15H20N4S. The Kier molecular flexibility index (Phi) is 2.93. The van der Waals surface area contributed by atoms with Crippen LogP contribution < -0.4 is 0 Å². The average Bonchev–Trinajstić information content (AvgIpc) is 3.12. The number of thiazole rings is 1. The predicted molar refractivity (Wildman–Crippen MR) is 79.9 cm³/mol. The first-order valence-corrected chi connectivity index (χ1v) is 8.20. The summed E-state index contributed by atoms with van der Waals surface area (Å²) in [5.41, 5.74) is 2.77. The lowest BCUT2D eigenvalue weighted by Gasteiger charge is -2.25. The lowest BCUT2D eigenvalue weighted by molar-refractivity contribution is 0.242. The van der Waals surface area contributed by atoms with Crippen molar-refractivity contribution in [2.75, 3.05) is 6.54 Å². The van der Waals surface area contributed by atoms with Crippen molar-refractivity contribution in [2.45, 2.75) is 45.2 Å². The number of aryl methyl sites for hydroxylation is 1. The lowest BCUT2D eigenvalue weighted by atomic mass is 10.1. The molecule has 3 heterocycles. The smallest absolute Gasteiger partial charge is 0.112 e. The third-order valence-corrected chi connectivity index (χ3v) is 5.26. The summed E-state index contributed by atoms with van der Waals surface area (Å²) in [5.74, 6) is 2.06. The molecule has 106 valence electrons. The molecular weight excluding hydrogens is 268 g/mol. The van der Waals surface area contributed by atoms with E-state index in [1.165, 1.54) is 34.9 Å². The maximum Gasteiger partial charge on any atom is 0.112 e. The van der Waals surface area contributed by atoms with Crippen LogP contribution in [0.5, 0.6) is 0 Å². The normalized spacial score (nSPS) is 19.3. The van der Waals surface area contributed by atoms with Gasteiger partial charge in [-0.1, -0.05) is 0 Å². The predicted octanol–water partition coefficient (Wildman–Crippen LogP) is 2.62. The van der Waals surface area contributed by atoms with Crippen LogP contribution in [0.4, 0.5) is 0 Å². The third kappa shape index (κ3) is 2.19. The van der Waals surface area contributed by atoms with E-state index in [2.05, 4.69) is 28.4 Å². The van der Waals surface area contributed by atoms with E-state index in [0.29, 0.717) is 0 Å². The lowest BCUT2D eigenvalue weighted by Crippen LogP contribution is -2.30. The average molecular weight is 288 g/mol. The Bertz CT molecular complexity index is 638. The number of imidazole rings is 1. The molecule has 0 spiro atoms. The van der Waals surface area contributed by atoms with Crippen LogP contribution in [0, 0.1) is 6.92 Å². The van der Waals surface area contributed by atoms with Crippen LogP contribution >= 0.6 is 11.3 Å². The zero-order valence-electron chi connectivity index (χ0n) is 12.1. The number of rotatable bonds is 3. The molecule has 4 nitrogen and oxygen atoms in total. The molecule has 2 aromatic heterocycles. The summed E-state index contributed by atoms with van der Waals surface area (Å²) in [6, 6.07) is 0. The van der Waals surface area contributed by atoms with E-state index in [9.17, 15) is 0 Å². The summed E-state index contributed by atoms with van der Waals surface area (Å²) in [6.07, 6.45) is 5.80. The monoisotopic (exact) mass is 288 g/mol. The van der Waals surface area contributed by atoms with Crippen LogP contribution in [0.25, 0.3) is 0 Å². The van der Waals surface area contributed by atoms with Crippen LogP contribution in [-0.4, -0.2) is 26.0 Å². The van der Waals surface area contributed by atoms with Crippen LogP contribution in [0.2, 0.25) is 0 Å². The molecule has 1 aliphatic heterocycles. The van der Waals surface area contributed by atoms with Crippen LogP contribution in [0.3, 0.4) is 0 Å². The summed E-state index contributed by atoms with van der Waals surface area (Å²) in [4.78, 5) is 13.1. The molecule has 0 amide bonds. The number of hydrogen-bond donors (Lipinski definition) is 0. The van der Waals surface area contributed by atoms with E-state index in [0.717, 1.165) is 37.0 Å². The van der Waals surface area contributed by atoms with Crippen LogP contribution in [0.1, 0.15) is 45.9 Å². The van der Waals surface area contributed by atoms with Gasteiger partial charge in [0.1, 0.15) is 5.82 Å². The molecule has 0 atom stereocenters. The topological polar surface area (TPSA) is 34.0 Å². The second-order valence-electron chi connectivity index (χ2n) is 6.00. The SMILES string of the molecule is Cc1ncc(CN2CCc3c(nc(C4CC4)n3C)C2)s1. The van der Waals surface area contributed by atoms with Gasteiger partial charge in [0.25, 0.3) is 0 Å². The number of hydrogen-bond acceptors (Lipinski definition) is 4. The first kappa shape index (κ1) is 12.5. The van der Waals surface area contributed by atoms with E-state index in [4.69, 9.17) is 4.98 Å². The summed E-state index contributed by atoms with van der Waals surface area (Å²) >= 11 is 1.81. The molecule has 0 N–H and O–H groups in total. The molecule has 1 aliphatic carbocycles. The molecule has 2 aliphatic rings. The molecule has 0 saturated heterocycles. The molecule has 0 unspecified atom stereocenters. The van der Waals surface area contributed by atoms with Crippen LogP contribution in [-0.2, 0) is 26.6 Å². The second kappa shape index (κ2) is 4.67. The highest BCUT2D eigenvalue weighted by Crippen LogP contribution is 2.40. The van der Waals surface area contributed by atoms with E-state index in [1.807, 2.05) is 17.5 Å². The Hall–Kier alpha value is -1.20. The van der Waals surface area contributed by atoms with Gasteiger partial charge in [0, 0.05) is 55.8 Å². The fourth-order valence-electron chi connectivity index (χ4n) is 3.14. The van der Waals surface area contributed by atoms with Gasteiger partial charge >= 0.3 is 0 Å². The first-order valence-electron chi connectivity index (χ1n) is 7.38. The highest BCUT2D eigenvalue weighted by Gasteiger charge is 2.31. The molecule has 5 heteroatoms. The number of aromatic nitrogens is 3. The summed E-state index contributed by atoms with van der Waals surface area (Å²) in [6.45, 7) is 5.21. The van der Waals surface area contributed by atoms with Crippen LogP contribution in [0.15, 0.2) is 6.20 Å². The van der Waals surface area contributed by atoms with Gasteiger partial charge in [-0.15, -0.1) is 11.3 Å². The van der Waals surface area contributed by atoms with Gasteiger partial charge in [0.15, 0.2) is 0 Å². The standard InChI is InChI=1S/C15H20N4S/c1-10-16-7-12(20-10)8-19-6-5-14-13(9-19)17-15(18(14)2)11-3-4-11/h7,11H,3-6,8-9H2,1-2H3. The second-order valence-corrected chi connectivity index (χ2v) is 7.32. The van der Waals surface area contributed by atoms with Gasteiger partial charge < -0.3 is 4.57 Å². The maximum atomic E-state index is 4.92. The highest BCUT2D eigenvalue weighted by molar-refractivity contribution is 7.11. The van der Waals surface area contributed by atoms with Gasteiger partial charge in [0.05, 0.1) is 10.7 Å². The zero-order chi connectivity index (χ0) is 13.7. The van der Waals surface area contributed by atoms with Crippen molar-refractivity contribution in [1.29, 1.82) is 0 Å². The maximum absolute atomic E-state index is 4.92. The molecule has 1 fully saturated rings. The van der Waals surface area contributed by atoms with Gasteiger partial charge in [0.2, 0.25) is 0 Å². The molecule has 0 bridgehead atoms. The van der Waals surface area contributed by atoms with E-state index in [-0.39, 0.29) is 0 Å². The van der Waals surface area contributed by atoms with Gasteiger partial charge in [-0.2, -0.15) is 0 Å².